The fraction of sp³-hybridized carbons (Fsp3) is 0.345. The number of amides is 1. The molecule has 0 spiro atoms. The Morgan fingerprint density at radius 1 is 0.943 bits per heavy atom. The molecule has 1 atom stereocenters. The molecule has 3 aromatic carbocycles. The number of nitrogens with one attached hydrogen (secondary N) is 1. The van der Waals surface area contributed by atoms with Gasteiger partial charge in [-0.25, -0.2) is 8.42 Å². The monoisotopic (exact) mass is 490 g/mol. The van der Waals surface area contributed by atoms with E-state index in [2.05, 4.69) is 23.5 Å². The third-order valence-electron chi connectivity index (χ3n) is 6.76. The number of hydrogen-bond donors (Lipinski definition) is 1. The van der Waals surface area contributed by atoms with Crippen molar-refractivity contribution in [1.82, 2.24) is 5.32 Å². The number of rotatable bonds is 8. The van der Waals surface area contributed by atoms with E-state index in [9.17, 15) is 13.2 Å². The second kappa shape index (κ2) is 10.6. The lowest BCUT2D eigenvalue weighted by Gasteiger charge is -2.27. The summed E-state index contributed by atoms with van der Waals surface area (Å²) in [5.41, 5.74) is 6.19. The van der Waals surface area contributed by atoms with Gasteiger partial charge in [0.05, 0.1) is 16.6 Å². The highest BCUT2D eigenvalue weighted by Crippen LogP contribution is 2.29. The smallest absolute Gasteiger partial charge is 0.264 e. The lowest BCUT2D eigenvalue weighted by atomic mass is 9.89. The molecule has 1 aliphatic carbocycles. The van der Waals surface area contributed by atoms with Crippen molar-refractivity contribution in [3.8, 4) is 0 Å². The van der Waals surface area contributed by atoms with E-state index in [0.717, 1.165) is 36.0 Å². The highest BCUT2D eigenvalue weighted by atomic mass is 32.2. The van der Waals surface area contributed by atoms with Crippen LogP contribution in [0.4, 0.5) is 5.69 Å². The summed E-state index contributed by atoms with van der Waals surface area (Å²) in [7, 11) is -3.93. The van der Waals surface area contributed by atoms with Crippen molar-refractivity contribution < 1.29 is 13.2 Å². The van der Waals surface area contributed by atoms with Gasteiger partial charge in [0.2, 0.25) is 5.91 Å². The molecule has 5 nitrogen and oxygen atoms in total. The van der Waals surface area contributed by atoms with Gasteiger partial charge in [-0.3, -0.25) is 9.10 Å². The fourth-order valence-electron chi connectivity index (χ4n) is 4.87. The Morgan fingerprint density at radius 3 is 2.34 bits per heavy atom. The van der Waals surface area contributed by atoms with Crippen molar-refractivity contribution in [1.29, 1.82) is 0 Å². The first-order valence-corrected chi connectivity index (χ1v) is 13.8. The van der Waals surface area contributed by atoms with E-state index in [1.54, 1.807) is 36.4 Å². The molecule has 184 valence electrons. The van der Waals surface area contributed by atoms with Crippen LogP contribution in [-0.4, -0.2) is 20.9 Å². The summed E-state index contributed by atoms with van der Waals surface area (Å²) in [5.74, 6) is -0.325. The van der Waals surface area contributed by atoms with E-state index in [-0.39, 0.29) is 23.4 Å². The van der Waals surface area contributed by atoms with E-state index >= 15 is 0 Å². The van der Waals surface area contributed by atoms with Gasteiger partial charge in [0.25, 0.3) is 10.0 Å². The molecule has 0 fully saturated rings. The lowest BCUT2D eigenvalue weighted by Crippen LogP contribution is -2.42. The molecule has 3 aromatic rings. The second-order valence-electron chi connectivity index (χ2n) is 9.38. The maximum Gasteiger partial charge on any atom is 0.264 e. The number of aryl methyl sites for hydroxylation is 4. The first kappa shape index (κ1) is 25.0. The maximum atomic E-state index is 13.6. The molecular formula is C29H34N2O3S. The van der Waals surface area contributed by atoms with Crippen molar-refractivity contribution in [2.24, 2.45) is 0 Å². The van der Waals surface area contributed by atoms with Gasteiger partial charge in [-0.05, 0) is 86.4 Å². The average Bonchev–Trinajstić information content (AvgIpc) is 2.86. The summed E-state index contributed by atoms with van der Waals surface area (Å²) in [6.45, 7) is 5.58. The Morgan fingerprint density at radius 2 is 1.66 bits per heavy atom. The highest BCUT2D eigenvalue weighted by molar-refractivity contribution is 7.92. The summed E-state index contributed by atoms with van der Waals surface area (Å²) in [4.78, 5) is 13.5. The number of carbonyl (C=O) groups is 1. The van der Waals surface area contributed by atoms with Crippen LogP contribution in [0.2, 0.25) is 0 Å². The van der Waals surface area contributed by atoms with Gasteiger partial charge in [0.1, 0.15) is 6.54 Å². The van der Waals surface area contributed by atoms with Crippen LogP contribution in [0.15, 0.2) is 71.6 Å². The third-order valence-corrected chi connectivity index (χ3v) is 8.53. The quantitative estimate of drug-likeness (QED) is 0.444. The number of benzene rings is 3. The number of sulfonamides is 1. The molecule has 1 amide bonds. The van der Waals surface area contributed by atoms with Gasteiger partial charge in [-0.15, -0.1) is 0 Å². The summed E-state index contributed by atoms with van der Waals surface area (Å²) >= 11 is 0. The molecule has 1 aliphatic rings. The number of carbonyl (C=O) groups excluding carboxylic acids is 1. The number of nitrogens with zero attached hydrogens (tertiary/aromatic N) is 1. The molecule has 0 bridgehead atoms. The van der Waals surface area contributed by atoms with Crippen LogP contribution in [0.3, 0.4) is 0 Å². The molecule has 0 radical (unpaired) electrons. The zero-order valence-electron chi connectivity index (χ0n) is 20.8. The zero-order valence-corrected chi connectivity index (χ0v) is 21.6. The summed E-state index contributed by atoms with van der Waals surface area (Å²) in [5, 5.41) is 3.10. The SMILES string of the molecule is CC[C@@H](NC(=O)CN(c1ccc(C)cc1C)S(=O)(=O)c1ccccc1)c1ccc2c(c1)CCCC2. The topological polar surface area (TPSA) is 66.5 Å². The molecule has 0 heterocycles. The number of hydrogen-bond acceptors (Lipinski definition) is 3. The minimum atomic E-state index is -3.93. The fourth-order valence-corrected chi connectivity index (χ4v) is 6.37. The van der Waals surface area contributed by atoms with Crippen LogP contribution >= 0.6 is 0 Å². The van der Waals surface area contributed by atoms with E-state index in [1.807, 2.05) is 32.9 Å². The molecule has 0 unspecified atom stereocenters. The largest absolute Gasteiger partial charge is 0.348 e. The molecule has 4 rings (SSSR count). The van der Waals surface area contributed by atoms with Crippen molar-refractivity contribution in [2.75, 3.05) is 10.8 Å². The van der Waals surface area contributed by atoms with E-state index < -0.39 is 10.0 Å². The van der Waals surface area contributed by atoms with Gasteiger partial charge in [-0.1, -0.05) is 61.0 Å². The predicted octanol–water partition coefficient (Wildman–Crippen LogP) is 5.65. The standard InChI is InChI=1S/C29H34N2O3S/c1-4-27(25-16-15-23-10-8-9-11-24(23)19-25)30-29(32)20-31(28-17-14-21(2)18-22(28)3)35(33,34)26-12-6-5-7-13-26/h5-7,12-19,27H,4,8-11,20H2,1-3H3,(H,30,32)/t27-/m1/s1. The second-order valence-corrected chi connectivity index (χ2v) is 11.2. The molecule has 6 heteroatoms. The van der Waals surface area contributed by atoms with Crippen LogP contribution in [0.5, 0.6) is 0 Å². The van der Waals surface area contributed by atoms with Gasteiger partial charge in [0.15, 0.2) is 0 Å². The Labute approximate surface area is 209 Å². The van der Waals surface area contributed by atoms with Crippen LogP contribution in [0.1, 0.15) is 60.0 Å². The van der Waals surface area contributed by atoms with Crippen LogP contribution in [-0.2, 0) is 27.7 Å². The van der Waals surface area contributed by atoms with E-state index in [0.29, 0.717) is 5.69 Å². The lowest BCUT2D eigenvalue weighted by molar-refractivity contribution is -0.120. The van der Waals surface area contributed by atoms with Crippen molar-refractivity contribution >= 4 is 21.6 Å². The van der Waals surface area contributed by atoms with Crippen molar-refractivity contribution in [2.45, 2.75) is 63.8 Å². The molecule has 0 aromatic heterocycles. The van der Waals surface area contributed by atoms with Crippen LogP contribution in [0, 0.1) is 13.8 Å². The first-order chi connectivity index (χ1) is 16.8. The summed E-state index contributed by atoms with van der Waals surface area (Å²) < 4.78 is 28.5. The third kappa shape index (κ3) is 5.59. The van der Waals surface area contributed by atoms with Gasteiger partial charge in [0, 0.05) is 0 Å². The molecule has 0 saturated carbocycles. The predicted molar refractivity (Wildman–Crippen MR) is 141 cm³/mol. The van der Waals surface area contributed by atoms with Crippen LogP contribution in [0.25, 0.3) is 0 Å². The molecular weight excluding hydrogens is 456 g/mol. The molecule has 1 N–H and O–H groups in total. The van der Waals surface area contributed by atoms with Gasteiger partial charge in [-0.2, -0.15) is 0 Å². The van der Waals surface area contributed by atoms with Gasteiger partial charge >= 0.3 is 0 Å². The Hall–Kier alpha value is -3.12. The van der Waals surface area contributed by atoms with E-state index in [4.69, 9.17) is 0 Å². The first-order valence-electron chi connectivity index (χ1n) is 12.4. The Kier molecular flexibility index (Phi) is 7.60. The molecule has 0 aliphatic heterocycles. The summed E-state index contributed by atoms with van der Waals surface area (Å²) in [6, 6.07) is 20.2. The molecule has 35 heavy (non-hydrogen) atoms. The van der Waals surface area contributed by atoms with E-state index in [1.165, 1.54) is 28.3 Å². The number of fused-ring (bicyclic) bond motifs is 1. The van der Waals surface area contributed by atoms with Gasteiger partial charge < -0.3 is 5.32 Å². The van der Waals surface area contributed by atoms with Crippen LogP contribution < -0.4 is 9.62 Å². The Bertz CT molecular complexity index is 1300. The van der Waals surface area contributed by atoms with Crippen molar-refractivity contribution in [3.63, 3.8) is 0 Å². The normalized spacial score (nSPS) is 14.1. The minimum absolute atomic E-state index is 0.162. The molecule has 0 saturated heterocycles. The Balaban J connectivity index is 1.62. The number of anilines is 1. The maximum absolute atomic E-state index is 13.6. The van der Waals surface area contributed by atoms with Crippen molar-refractivity contribution in [3.05, 3.63) is 94.5 Å². The zero-order chi connectivity index (χ0) is 25.0. The summed E-state index contributed by atoms with van der Waals surface area (Å²) in [6.07, 6.45) is 5.33. The highest BCUT2D eigenvalue weighted by Gasteiger charge is 2.29. The average molecular weight is 491 g/mol. The minimum Gasteiger partial charge on any atom is -0.348 e.